The molecule has 0 aliphatic carbocycles. The molecule has 0 spiro atoms. The number of nitrogens with zero attached hydrogens (tertiary/aromatic N) is 2. The molecular weight excluding hydrogens is 436 g/mol. The average Bonchev–Trinajstić information content (AvgIpc) is 2.83. The maximum atomic E-state index is 6.16. The Hall–Kier alpha value is -2.96. The number of ether oxygens (including phenoxy) is 2. The first-order valence-corrected chi connectivity index (χ1v) is 12.5. The number of hydrogen-bond donors (Lipinski definition) is 0. The highest BCUT2D eigenvalue weighted by Crippen LogP contribution is 2.36. The number of hydrogen-bond acceptors (Lipinski definition) is 6. The summed E-state index contributed by atoms with van der Waals surface area (Å²) < 4.78 is 12.3. The predicted octanol–water partition coefficient (Wildman–Crippen LogP) is 7.91. The van der Waals surface area contributed by atoms with E-state index in [9.17, 15) is 0 Å². The highest BCUT2D eigenvalue weighted by molar-refractivity contribution is 7.99. The van der Waals surface area contributed by atoms with E-state index in [1.165, 1.54) is 0 Å². The molecule has 160 valence electrons. The number of thioether (sulfide) groups is 2. The van der Waals surface area contributed by atoms with Crippen LogP contribution in [0.3, 0.4) is 0 Å². The largest absolute Gasteiger partial charge is 0.489 e. The summed E-state index contributed by atoms with van der Waals surface area (Å²) in [6.45, 7) is 1.14. The van der Waals surface area contributed by atoms with Crippen molar-refractivity contribution in [3.05, 3.63) is 84.9 Å². The summed E-state index contributed by atoms with van der Waals surface area (Å²) in [5.74, 6) is 3.17. The normalized spacial score (nSPS) is 14.5. The Morgan fingerprint density at radius 3 is 1.50 bits per heavy atom. The lowest BCUT2D eigenvalue weighted by atomic mass is 10.1. The van der Waals surface area contributed by atoms with Crippen molar-refractivity contribution in [3.8, 4) is 11.5 Å². The first kappa shape index (κ1) is 20.9. The SMILES string of the molecule is c1ccc2c(c1)N=Nc1ccccc1SCCOc1cc3ccccc3cc1OCCS2. The molecule has 0 amide bonds. The van der Waals surface area contributed by atoms with Gasteiger partial charge in [0.1, 0.15) is 0 Å². The Balaban J connectivity index is 1.47. The summed E-state index contributed by atoms with van der Waals surface area (Å²) in [5, 5.41) is 11.4. The van der Waals surface area contributed by atoms with E-state index in [1.54, 1.807) is 23.5 Å². The van der Waals surface area contributed by atoms with Crippen LogP contribution in [-0.4, -0.2) is 24.7 Å². The van der Waals surface area contributed by atoms with Crippen molar-refractivity contribution in [2.24, 2.45) is 10.2 Å². The first-order valence-electron chi connectivity index (χ1n) is 10.5. The topological polar surface area (TPSA) is 43.2 Å². The molecule has 1 aliphatic rings. The van der Waals surface area contributed by atoms with Crippen molar-refractivity contribution < 1.29 is 9.47 Å². The van der Waals surface area contributed by atoms with Crippen molar-refractivity contribution in [3.63, 3.8) is 0 Å². The second-order valence-corrected chi connectivity index (χ2v) is 9.45. The number of azo groups is 1. The summed E-state index contributed by atoms with van der Waals surface area (Å²) >= 11 is 3.44. The van der Waals surface area contributed by atoms with Crippen LogP contribution in [0.15, 0.2) is 105 Å². The molecule has 4 nitrogen and oxygen atoms in total. The lowest BCUT2D eigenvalue weighted by Crippen LogP contribution is -2.05. The zero-order valence-electron chi connectivity index (χ0n) is 17.4. The Morgan fingerprint density at radius 2 is 1.00 bits per heavy atom. The van der Waals surface area contributed by atoms with Crippen molar-refractivity contribution >= 4 is 45.7 Å². The van der Waals surface area contributed by atoms with Gasteiger partial charge in [0.2, 0.25) is 0 Å². The van der Waals surface area contributed by atoms with Gasteiger partial charge in [0.05, 0.1) is 24.6 Å². The van der Waals surface area contributed by atoms with Crippen LogP contribution in [0.5, 0.6) is 11.5 Å². The maximum Gasteiger partial charge on any atom is 0.161 e. The number of fused-ring (bicyclic) bond motifs is 4. The minimum absolute atomic E-state index is 0.572. The molecule has 0 atom stereocenters. The molecule has 0 N–H and O–H groups in total. The molecule has 0 radical (unpaired) electrons. The van der Waals surface area contributed by atoms with E-state index in [1.807, 2.05) is 48.5 Å². The van der Waals surface area contributed by atoms with E-state index in [0.29, 0.717) is 13.2 Å². The Kier molecular flexibility index (Phi) is 6.61. The molecule has 0 fully saturated rings. The fourth-order valence-corrected chi connectivity index (χ4v) is 5.10. The standard InChI is InChI=1S/C26H22N2O2S2/c1-2-8-20-18-24-23(17-19(20)7-1)29-13-15-31-25-11-5-3-9-21(25)27-28-22-10-4-6-12-26(22)32-16-14-30-24/h1-12,17-18H,13-16H2. The molecule has 0 saturated heterocycles. The predicted molar refractivity (Wildman–Crippen MR) is 133 cm³/mol. The molecule has 4 aromatic carbocycles. The average molecular weight is 459 g/mol. The van der Waals surface area contributed by atoms with Gasteiger partial charge in [-0.2, -0.15) is 0 Å². The van der Waals surface area contributed by atoms with Gasteiger partial charge >= 0.3 is 0 Å². The van der Waals surface area contributed by atoms with Gasteiger partial charge in [-0.3, -0.25) is 0 Å². The fraction of sp³-hybridized carbons (Fsp3) is 0.154. The van der Waals surface area contributed by atoms with Crippen molar-refractivity contribution in [2.45, 2.75) is 9.79 Å². The number of benzene rings is 4. The third kappa shape index (κ3) is 4.92. The summed E-state index contributed by atoms with van der Waals surface area (Å²) in [6.07, 6.45) is 0. The lowest BCUT2D eigenvalue weighted by Gasteiger charge is -2.15. The van der Waals surface area contributed by atoms with Gasteiger partial charge in [-0.15, -0.1) is 33.8 Å². The van der Waals surface area contributed by atoms with Gasteiger partial charge in [-0.1, -0.05) is 48.5 Å². The van der Waals surface area contributed by atoms with E-state index in [4.69, 9.17) is 9.47 Å². The molecule has 4 aromatic rings. The molecular formula is C26H22N2O2S2. The van der Waals surface area contributed by atoms with Crippen molar-refractivity contribution in [1.82, 2.24) is 0 Å². The van der Waals surface area contributed by atoms with E-state index in [0.717, 1.165) is 54.9 Å². The maximum absolute atomic E-state index is 6.16. The van der Waals surface area contributed by atoms with Crippen LogP contribution in [0.25, 0.3) is 10.8 Å². The minimum Gasteiger partial charge on any atom is -0.489 e. The van der Waals surface area contributed by atoms with E-state index >= 15 is 0 Å². The Morgan fingerprint density at radius 1 is 0.562 bits per heavy atom. The quantitative estimate of drug-likeness (QED) is 0.268. The van der Waals surface area contributed by atoms with Crippen LogP contribution in [0.1, 0.15) is 0 Å². The summed E-state index contributed by atoms with van der Waals surface area (Å²) in [7, 11) is 0. The molecule has 5 rings (SSSR count). The highest BCUT2D eigenvalue weighted by atomic mass is 32.2. The van der Waals surface area contributed by atoms with Crippen molar-refractivity contribution in [1.29, 1.82) is 0 Å². The third-order valence-corrected chi connectivity index (χ3v) is 7.06. The zero-order chi connectivity index (χ0) is 21.6. The highest BCUT2D eigenvalue weighted by Gasteiger charge is 2.10. The Bertz CT molecular complexity index is 1160. The van der Waals surface area contributed by atoms with Crippen LogP contribution >= 0.6 is 23.5 Å². The third-order valence-electron chi connectivity index (χ3n) is 5.00. The molecule has 0 unspecified atom stereocenters. The smallest absolute Gasteiger partial charge is 0.161 e. The summed E-state index contributed by atoms with van der Waals surface area (Å²) in [6, 6.07) is 28.6. The van der Waals surface area contributed by atoms with Crippen LogP contribution in [0.2, 0.25) is 0 Å². The van der Waals surface area contributed by atoms with Gasteiger partial charge < -0.3 is 9.47 Å². The first-order chi connectivity index (χ1) is 15.9. The molecule has 0 aromatic heterocycles. The second-order valence-electron chi connectivity index (χ2n) is 7.18. The van der Waals surface area contributed by atoms with Gasteiger partial charge in [-0.25, -0.2) is 0 Å². The van der Waals surface area contributed by atoms with E-state index in [-0.39, 0.29) is 0 Å². The van der Waals surface area contributed by atoms with Gasteiger partial charge in [0, 0.05) is 21.3 Å². The zero-order valence-corrected chi connectivity index (χ0v) is 19.1. The van der Waals surface area contributed by atoms with Crippen LogP contribution in [0.4, 0.5) is 11.4 Å². The van der Waals surface area contributed by atoms with Crippen molar-refractivity contribution in [2.75, 3.05) is 24.7 Å². The molecule has 0 saturated carbocycles. The molecule has 32 heavy (non-hydrogen) atoms. The van der Waals surface area contributed by atoms with E-state index in [2.05, 4.69) is 46.6 Å². The van der Waals surface area contributed by atoms with Gasteiger partial charge in [0.25, 0.3) is 0 Å². The summed E-state index contributed by atoms with van der Waals surface area (Å²) in [5.41, 5.74) is 1.75. The van der Waals surface area contributed by atoms with Gasteiger partial charge in [0.15, 0.2) is 11.5 Å². The lowest BCUT2D eigenvalue weighted by molar-refractivity contribution is 0.292. The minimum atomic E-state index is 0.572. The molecule has 6 heteroatoms. The van der Waals surface area contributed by atoms with E-state index < -0.39 is 0 Å². The number of rotatable bonds is 0. The second kappa shape index (κ2) is 10.1. The van der Waals surface area contributed by atoms with Gasteiger partial charge in [-0.05, 0) is 47.2 Å². The molecule has 0 bridgehead atoms. The Labute approximate surface area is 196 Å². The molecule has 1 aliphatic heterocycles. The van der Waals surface area contributed by atoms with Crippen LogP contribution in [-0.2, 0) is 0 Å². The van der Waals surface area contributed by atoms with Crippen LogP contribution < -0.4 is 9.47 Å². The monoisotopic (exact) mass is 458 g/mol. The van der Waals surface area contributed by atoms with Crippen LogP contribution in [0, 0.1) is 0 Å². The fourth-order valence-electron chi connectivity index (χ4n) is 3.46. The summed E-state index contributed by atoms with van der Waals surface area (Å²) in [4.78, 5) is 2.18. The molecule has 1 heterocycles.